The van der Waals surface area contributed by atoms with Crippen molar-refractivity contribution >= 4 is 23.2 Å². The summed E-state index contributed by atoms with van der Waals surface area (Å²) in [5, 5.41) is 11.6. The Labute approximate surface area is 102 Å². The Morgan fingerprint density at radius 3 is 2.50 bits per heavy atom. The smallest absolute Gasteiger partial charge is 0.293 e. The summed E-state index contributed by atoms with van der Waals surface area (Å²) < 4.78 is 0. The van der Waals surface area contributed by atoms with E-state index in [2.05, 4.69) is 0 Å². The van der Waals surface area contributed by atoms with Crippen molar-refractivity contribution in [3.63, 3.8) is 0 Å². The lowest BCUT2D eigenvalue weighted by Crippen LogP contribution is -2.22. The number of carbonyl (C=O) groups excluding carboxylic acids is 3. The molecule has 1 heterocycles. The van der Waals surface area contributed by atoms with Crippen molar-refractivity contribution in [3.8, 4) is 0 Å². The highest BCUT2D eigenvalue weighted by atomic mass is 16.3. The molecule has 0 atom stereocenters. The lowest BCUT2D eigenvalue weighted by Gasteiger charge is -2.03. The lowest BCUT2D eigenvalue weighted by molar-refractivity contribution is -0.124. The zero-order chi connectivity index (χ0) is 12.9. The minimum atomic E-state index is -0.786. The molecule has 1 aromatic rings. The maximum absolute atomic E-state index is 11.5. The average molecular weight is 243 g/mol. The van der Waals surface area contributed by atoms with E-state index >= 15 is 0 Å². The van der Waals surface area contributed by atoms with Gasteiger partial charge >= 0.3 is 0 Å². The maximum atomic E-state index is 11.5. The fraction of sp³-hybridized carbons (Fsp3) is 0.154. The van der Waals surface area contributed by atoms with Crippen molar-refractivity contribution in [1.82, 2.24) is 5.32 Å². The van der Waals surface area contributed by atoms with E-state index in [9.17, 15) is 19.5 Å². The average Bonchev–Trinajstić information content (AvgIpc) is 2.81. The van der Waals surface area contributed by atoms with Gasteiger partial charge in [-0.05, 0) is 17.5 Å². The number of benzene rings is 1. The van der Waals surface area contributed by atoms with E-state index in [1.807, 2.05) is 5.32 Å². The minimum Gasteiger partial charge on any atom is -0.502 e. The number of rotatable bonds is 1. The Hall–Kier alpha value is -2.43. The maximum Gasteiger partial charge on any atom is 0.293 e. The summed E-state index contributed by atoms with van der Waals surface area (Å²) in [6, 6.07) is 4.89. The van der Waals surface area contributed by atoms with E-state index in [0.29, 0.717) is 24.0 Å². The van der Waals surface area contributed by atoms with Crippen LogP contribution in [0.5, 0.6) is 0 Å². The van der Waals surface area contributed by atoms with Gasteiger partial charge in [0.25, 0.3) is 11.8 Å². The number of fused-ring (bicyclic) bond motifs is 1. The Morgan fingerprint density at radius 1 is 1.06 bits per heavy atom. The third-order valence-corrected chi connectivity index (χ3v) is 3.22. The second-order valence-electron chi connectivity index (χ2n) is 4.30. The number of hydrogen-bond acceptors (Lipinski definition) is 4. The van der Waals surface area contributed by atoms with Gasteiger partial charge in [-0.2, -0.15) is 0 Å². The van der Waals surface area contributed by atoms with Crippen molar-refractivity contribution in [1.29, 1.82) is 0 Å². The molecule has 0 bridgehead atoms. The molecule has 2 amide bonds. The van der Waals surface area contributed by atoms with Crippen LogP contribution in [0.15, 0.2) is 24.0 Å². The van der Waals surface area contributed by atoms with Gasteiger partial charge in [-0.15, -0.1) is 0 Å². The quantitative estimate of drug-likeness (QED) is 0.712. The number of ketones is 1. The van der Waals surface area contributed by atoms with Gasteiger partial charge in [-0.3, -0.25) is 19.7 Å². The first-order chi connectivity index (χ1) is 8.58. The molecule has 1 aliphatic heterocycles. The molecule has 5 heteroatoms. The first-order valence-electron chi connectivity index (χ1n) is 5.53. The molecule has 5 nitrogen and oxygen atoms in total. The van der Waals surface area contributed by atoms with Crippen molar-refractivity contribution in [2.24, 2.45) is 0 Å². The molecule has 3 rings (SSSR count). The van der Waals surface area contributed by atoms with Crippen molar-refractivity contribution in [3.05, 3.63) is 40.6 Å². The summed E-state index contributed by atoms with van der Waals surface area (Å²) in [7, 11) is 0. The molecule has 0 unspecified atom stereocenters. The van der Waals surface area contributed by atoms with Crippen molar-refractivity contribution < 1.29 is 19.5 Å². The lowest BCUT2D eigenvalue weighted by atomic mass is 10.00. The fourth-order valence-electron chi connectivity index (χ4n) is 2.32. The van der Waals surface area contributed by atoms with Crippen LogP contribution in [0.25, 0.3) is 5.57 Å². The third-order valence-electron chi connectivity index (χ3n) is 3.22. The number of aliphatic hydroxyl groups is 1. The Bertz CT molecular complexity index is 642. The number of nitrogens with one attached hydrogen (secondary N) is 1. The highest BCUT2D eigenvalue weighted by Gasteiger charge is 2.32. The van der Waals surface area contributed by atoms with Crippen LogP contribution in [0.1, 0.15) is 27.9 Å². The van der Waals surface area contributed by atoms with Crippen molar-refractivity contribution in [2.75, 3.05) is 0 Å². The summed E-state index contributed by atoms with van der Waals surface area (Å²) in [5.41, 5.74) is 1.94. The Kier molecular flexibility index (Phi) is 2.10. The highest BCUT2D eigenvalue weighted by molar-refractivity contribution is 6.35. The molecule has 1 aliphatic carbocycles. The van der Waals surface area contributed by atoms with Gasteiger partial charge in [0.2, 0.25) is 0 Å². The Morgan fingerprint density at radius 2 is 1.83 bits per heavy atom. The zero-order valence-corrected chi connectivity index (χ0v) is 9.32. The second kappa shape index (κ2) is 3.53. The normalized spacial score (nSPS) is 18.3. The summed E-state index contributed by atoms with van der Waals surface area (Å²) in [5.74, 6) is -1.88. The molecule has 2 aliphatic rings. The summed E-state index contributed by atoms with van der Waals surface area (Å²) >= 11 is 0. The van der Waals surface area contributed by atoms with E-state index in [-0.39, 0.29) is 11.4 Å². The summed E-state index contributed by atoms with van der Waals surface area (Å²) in [6.07, 6.45) is 1.10. The van der Waals surface area contributed by atoms with E-state index in [4.69, 9.17) is 0 Å². The van der Waals surface area contributed by atoms with Crippen LogP contribution in [0.3, 0.4) is 0 Å². The van der Waals surface area contributed by atoms with Gasteiger partial charge in [-0.1, -0.05) is 18.2 Å². The Balaban J connectivity index is 2.12. The van der Waals surface area contributed by atoms with Gasteiger partial charge in [0.05, 0.1) is 5.57 Å². The monoisotopic (exact) mass is 243 g/mol. The van der Waals surface area contributed by atoms with Gasteiger partial charge in [0.1, 0.15) is 0 Å². The SMILES string of the molecule is O=C1NC(=O)C(c2ccc3c(c2)CCC3=O)=C1O. The van der Waals surface area contributed by atoms with Gasteiger partial charge in [-0.25, -0.2) is 0 Å². The van der Waals surface area contributed by atoms with Crippen LogP contribution >= 0.6 is 0 Å². The number of amides is 2. The third kappa shape index (κ3) is 1.37. The summed E-state index contributed by atoms with van der Waals surface area (Å²) in [6.45, 7) is 0. The molecule has 0 spiro atoms. The molecule has 0 radical (unpaired) electrons. The van der Waals surface area contributed by atoms with Crippen LogP contribution in [0.2, 0.25) is 0 Å². The van der Waals surface area contributed by atoms with Crippen LogP contribution in [-0.4, -0.2) is 22.7 Å². The molecule has 18 heavy (non-hydrogen) atoms. The second-order valence-corrected chi connectivity index (χ2v) is 4.30. The molecule has 0 fully saturated rings. The van der Waals surface area contributed by atoms with E-state index < -0.39 is 17.6 Å². The standard InChI is InChI=1S/C13H9NO4/c15-9-4-2-6-5-7(1-3-8(6)9)10-11(16)13(18)14-12(10)17/h1,3,5H,2,4H2,(H2,14,16,17,18). The van der Waals surface area contributed by atoms with E-state index in [1.54, 1.807) is 18.2 Å². The predicted octanol–water partition coefficient (Wildman–Crippen LogP) is 0.741. The first-order valence-corrected chi connectivity index (χ1v) is 5.53. The predicted molar refractivity (Wildman–Crippen MR) is 61.8 cm³/mol. The van der Waals surface area contributed by atoms with Crippen LogP contribution in [0.4, 0.5) is 0 Å². The fourth-order valence-corrected chi connectivity index (χ4v) is 2.32. The molecular formula is C13H9NO4. The highest BCUT2D eigenvalue weighted by Crippen LogP contribution is 2.28. The van der Waals surface area contributed by atoms with E-state index in [1.165, 1.54) is 0 Å². The molecule has 0 saturated carbocycles. The van der Waals surface area contributed by atoms with Crippen LogP contribution < -0.4 is 5.32 Å². The van der Waals surface area contributed by atoms with Crippen LogP contribution in [-0.2, 0) is 16.0 Å². The van der Waals surface area contributed by atoms with E-state index in [0.717, 1.165) is 5.56 Å². The topological polar surface area (TPSA) is 83.5 Å². The van der Waals surface area contributed by atoms with Gasteiger partial charge in [0, 0.05) is 12.0 Å². The molecule has 0 aromatic heterocycles. The number of imide groups is 1. The largest absolute Gasteiger partial charge is 0.502 e. The minimum absolute atomic E-state index is 0.0258. The van der Waals surface area contributed by atoms with Crippen LogP contribution in [0, 0.1) is 0 Å². The molecule has 1 aromatic carbocycles. The summed E-state index contributed by atoms with van der Waals surface area (Å²) in [4.78, 5) is 34.2. The van der Waals surface area contributed by atoms with Gasteiger partial charge < -0.3 is 5.11 Å². The first kappa shape index (κ1) is 10.7. The number of aliphatic hydroxyl groups excluding tert-OH is 1. The molecule has 0 saturated heterocycles. The molecular weight excluding hydrogens is 234 g/mol. The number of carbonyl (C=O) groups is 3. The van der Waals surface area contributed by atoms with Crippen molar-refractivity contribution in [2.45, 2.75) is 12.8 Å². The number of Topliss-reactive ketones (excluding diaryl/α,β-unsaturated/α-hetero) is 1. The molecule has 90 valence electrons. The number of aryl methyl sites for hydroxylation is 1. The molecule has 2 N–H and O–H groups in total. The number of hydrogen-bond donors (Lipinski definition) is 2. The van der Waals surface area contributed by atoms with Gasteiger partial charge in [0.15, 0.2) is 11.5 Å². The zero-order valence-electron chi connectivity index (χ0n) is 9.32.